The van der Waals surface area contributed by atoms with E-state index >= 15 is 0 Å². The summed E-state index contributed by atoms with van der Waals surface area (Å²) in [5, 5.41) is 5.47. The minimum absolute atomic E-state index is 0.0271. The van der Waals surface area contributed by atoms with Gasteiger partial charge in [0, 0.05) is 29.9 Å². The summed E-state index contributed by atoms with van der Waals surface area (Å²) in [7, 11) is 0. The van der Waals surface area contributed by atoms with Gasteiger partial charge in [0.2, 0.25) is 11.8 Å². The van der Waals surface area contributed by atoms with Crippen LogP contribution >= 0.6 is 15.9 Å². The first-order valence-electron chi connectivity index (χ1n) is 13.3. The maximum Gasteiger partial charge on any atom is 0.243 e. The lowest BCUT2D eigenvalue weighted by Crippen LogP contribution is -2.52. The molecule has 0 spiro atoms. The van der Waals surface area contributed by atoms with E-state index in [9.17, 15) is 9.59 Å². The lowest BCUT2D eigenvalue weighted by atomic mass is 9.99. The number of carbonyl (C=O) groups excluding carboxylic acids is 2. The van der Waals surface area contributed by atoms with E-state index in [0.717, 1.165) is 33.0 Å². The van der Waals surface area contributed by atoms with Gasteiger partial charge in [-0.3, -0.25) is 9.59 Å². The predicted octanol–water partition coefficient (Wildman–Crippen LogP) is 7.09. The SMILES string of the molecule is CC[C@@H](C)NC(=O)[C@@H](Cc1ccccc1)N(Cc1cccc(Br)c1)C(=O)CCc1cccc2ccccc12. The van der Waals surface area contributed by atoms with Gasteiger partial charge in [0.1, 0.15) is 6.04 Å². The van der Waals surface area contributed by atoms with E-state index in [4.69, 9.17) is 0 Å². The normalized spacial score (nSPS) is 12.6. The predicted molar refractivity (Wildman–Crippen MR) is 159 cm³/mol. The molecule has 4 aromatic rings. The molecule has 0 saturated carbocycles. The average molecular weight is 572 g/mol. The number of hydrogen-bond acceptors (Lipinski definition) is 2. The number of rotatable bonds is 11. The van der Waals surface area contributed by atoms with Crippen molar-refractivity contribution in [2.24, 2.45) is 0 Å². The Kier molecular flexibility index (Phi) is 9.72. The Morgan fingerprint density at radius 3 is 2.32 bits per heavy atom. The van der Waals surface area contributed by atoms with E-state index in [1.165, 1.54) is 5.39 Å². The van der Waals surface area contributed by atoms with Gasteiger partial charge in [0.25, 0.3) is 0 Å². The summed E-state index contributed by atoms with van der Waals surface area (Å²) in [6, 6.07) is 31.8. The third-order valence-corrected chi connectivity index (χ3v) is 7.50. The lowest BCUT2D eigenvalue weighted by Gasteiger charge is -2.32. The van der Waals surface area contributed by atoms with E-state index in [-0.39, 0.29) is 17.9 Å². The highest BCUT2D eigenvalue weighted by molar-refractivity contribution is 9.10. The van der Waals surface area contributed by atoms with Gasteiger partial charge < -0.3 is 10.2 Å². The third-order valence-electron chi connectivity index (χ3n) is 7.00. The van der Waals surface area contributed by atoms with Crippen LogP contribution in [-0.4, -0.2) is 28.8 Å². The number of nitrogens with zero attached hydrogens (tertiary/aromatic N) is 1. The second-order valence-electron chi connectivity index (χ2n) is 9.81. The van der Waals surface area contributed by atoms with Crippen LogP contribution in [0.15, 0.2) is 102 Å². The lowest BCUT2D eigenvalue weighted by molar-refractivity contribution is -0.141. The number of benzene rings is 4. The molecule has 38 heavy (non-hydrogen) atoms. The van der Waals surface area contributed by atoms with Crippen LogP contribution in [0.2, 0.25) is 0 Å². The minimum atomic E-state index is -0.620. The quantitative estimate of drug-likeness (QED) is 0.209. The van der Waals surface area contributed by atoms with Crippen molar-refractivity contribution >= 4 is 38.5 Å². The first-order valence-corrected chi connectivity index (χ1v) is 14.1. The molecule has 0 radical (unpaired) electrons. The van der Waals surface area contributed by atoms with Crippen molar-refractivity contribution in [3.8, 4) is 0 Å². The smallest absolute Gasteiger partial charge is 0.243 e. The standard InChI is InChI=1S/C33H35BrN2O2/c1-3-24(2)35-33(38)31(22-25-11-5-4-6-12-25)36(23-26-13-9-17-29(34)21-26)32(37)20-19-28-16-10-15-27-14-7-8-18-30(27)28/h4-18,21,24,31H,3,19-20,22-23H2,1-2H3,(H,35,38)/t24-,31-/m1/s1. The van der Waals surface area contributed by atoms with E-state index in [1.54, 1.807) is 4.90 Å². The molecule has 5 heteroatoms. The summed E-state index contributed by atoms with van der Waals surface area (Å²) in [4.78, 5) is 29.4. The monoisotopic (exact) mass is 570 g/mol. The van der Waals surface area contributed by atoms with Crippen molar-refractivity contribution in [1.29, 1.82) is 0 Å². The number of hydrogen-bond donors (Lipinski definition) is 1. The summed E-state index contributed by atoms with van der Waals surface area (Å²) in [5.41, 5.74) is 3.15. The van der Waals surface area contributed by atoms with Crippen LogP contribution in [0.3, 0.4) is 0 Å². The number of carbonyl (C=O) groups is 2. The average Bonchev–Trinajstić information content (AvgIpc) is 2.94. The summed E-state index contributed by atoms with van der Waals surface area (Å²) in [6.07, 6.45) is 2.21. The first-order chi connectivity index (χ1) is 18.4. The summed E-state index contributed by atoms with van der Waals surface area (Å²) in [5.74, 6) is -0.144. The zero-order valence-corrected chi connectivity index (χ0v) is 23.7. The van der Waals surface area contributed by atoms with E-state index in [2.05, 4.69) is 45.5 Å². The molecular formula is C33H35BrN2O2. The van der Waals surface area contributed by atoms with E-state index < -0.39 is 6.04 Å². The zero-order chi connectivity index (χ0) is 26.9. The molecule has 2 atom stereocenters. The van der Waals surface area contributed by atoms with Crippen molar-refractivity contribution in [3.05, 3.63) is 118 Å². The van der Waals surface area contributed by atoms with Gasteiger partial charge in [-0.15, -0.1) is 0 Å². The molecule has 0 bridgehead atoms. The highest BCUT2D eigenvalue weighted by Crippen LogP contribution is 2.22. The zero-order valence-electron chi connectivity index (χ0n) is 22.1. The van der Waals surface area contributed by atoms with Gasteiger partial charge in [0.05, 0.1) is 0 Å². The second kappa shape index (κ2) is 13.4. The van der Waals surface area contributed by atoms with Crippen molar-refractivity contribution in [1.82, 2.24) is 10.2 Å². The van der Waals surface area contributed by atoms with Gasteiger partial charge in [-0.2, -0.15) is 0 Å². The summed E-state index contributed by atoms with van der Waals surface area (Å²) >= 11 is 3.55. The molecule has 196 valence electrons. The van der Waals surface area contributed by atoms with Gasteiger partial charge in [0.15, 0.2) is 0 Å². The molecule has 2 amide bonds. The number of nitrogens with one attached hydrogen (secondary N) is 1. The largest absolute Gasteiger partial charge is 0.352 e. The molecule has 0 aliphatic heterocycles. The molecule has 0 saturated heterocycles. The maximum atomic E-state index is 14.0. The highest BCUT2D eigenvalue weighted by atomic mass is 79.9. The Morgan fingerprint density at radius 2 is 1.55 bits per heavy atom. The van der Waals surface area contributed by atoms with E-state index in [1.807, 2.05) is 86.6 Å². The topological polar surface area (TPSA) is 49.4 Å². The minimum Gasteiger partial charge on any atom is -0.352 e. The fraction of sp³-hybridized carbons (Fsp3) is 0.273. The molecule has 0 unspecified atom stereocenters. The number of aryl methyl sites for hydroxylation is 1. The Balaban J connectivity index is 1.65. The fourth-order valence-electron chi connectivity index (χ4n) is 4.72. The van der Waals surface area contributed by atoms with Crippen LogP contribution in [0.25, 0.3) is 10.8 Å². The molecular weight excluding hydrogens is 536 g/mol. The highest BCUT2D eigenvalue weighted by Gasteiger charge is 2.30. The van der Waals surface area contributed by atoms with Crippen molar-refractivity contribution < 1.29 is 9.59 Å². The molecule has 4 aromatic carbocycles. The Hall–Kier alpha value is -3.44. The molecule has 1 N–H and O–H groups in total. The van der Waals surface area contributed by atoms with Crippen LogP contribution in [0.1, 0.15) is 43.4 Å². The van der Waals surface area contributed by atoms with Gasteiger partial charge >= 0.3 is 0 Å². The van der Waals surface area contributed by atoms with Gasteiger partial charge in [-0.1, -0.05) is 108 Å². The Morgan fingerprint density at radius 1 is 0.868 bits per heavy atom. The summed E-state index contributed by atoms with van der Waals surface area (Å²) in [6.45, 7) is 4.41. The van der Waals surface area contributed by atoms with Crippen LogP contribution < -0.4 is 5.32 Å². The van der Waals surface area contributed by atoms with Crippen molar-refractivity contribution in [2.75, 3.05) is 0 Å². The van der Waals surface area contributed by atoms with Crippen molar-refractivity contribution in [2.45, 2.75) is 58.2 Å². The molecule has 0 aromatic heterocycles. The van der Waals surface area contributed by atoms with Crippen LogP contribution in [-0.2, 0) is 29.0 Å². The first kappa shape index (κ1) is 27.6. The van der Waals surface area contributed by atoms with Gasteiger partial charge in [-0.25, -0.2) is 0 Å². The fourth-order valence-corrected chi connectivity index (χ4v) is 5.17. The molecule has 4 rings (SSSR count). The number of halogens is 1. The maximum absolute atomic E-state index is 14.0. The van der Waals surface area contributed by atoms with Crippen LogP contribution in [0.4, 0.5) is 0 Å². The summed E-state index contributed by atoms with van der Waals surface area (Å²) < 4.78 is 0.946. The second-order valence-corrected chi connectivity index (χ2v) is 10.7. The number of amides is 2. The van der Waals surface area contributed by atoms with Crippen molar-refractivity contribution in [3.63, 3.8) is 0 Å². The van der Waals surface area contributed by atoms with Crippen LogP contribution in [0, 0.1) is 0 Å². The van der Waals surface area contributed by atoms with Crippen LogP contribution in [0.5, 0.6) is 0 Å². The molecule has 0 fully saturated rings. The molecule has 0 aliphatic rings. The number of fused-ring (bicyclic) bond motifs is 1. The van der Waals surface area contributed by atoms with E-state index in [0.29, 0.717) is 25.8 Å². The third kappa shape index (κ3) is 7.32. The molecule has 4 nitrogen and oxygen atoms in total. The Bertz CT molecular complexity index is 1370. The Labute approximate surface area is 234 Å². The molecule has 0 heterocycles. The molecule has 0 aliphatic carbocycles. The van der Waals surface area contributed by atoms with Gasteiger partial charge in [-0.05, 0) is 59.4 Å².